The fourth-order valence-electron chi connectivity index (χ4n) is 2.77. The lowest BCUT2D eigenvalue weighted by Crippen LogP contribution is -2.27. The lowest BCUT2D eigenvalue weighted by atomic mass is 10.1. The number of hydrogen-bond donors (Lipinski definition) is 1. The fraction of sp³-hybridized carbons (Fsp3) is 0.312. The number of anilines is 2. The molecule has 0 atom stereocenters. The molecule has 7 heteroatoms. The summed E-state index contributed by atoms with van der Waals surface area (Å²) in [5.41, 5.74) is 8.83. The van der Waals surface area contributed by atoms with Gasteiger partial charge in [0.15, 0.2) is 9.84 Å². The fourth-order valence-corrected chi connectivity index (χ4v) is 3.47. The van der Waals surface area contributed by atoms with Crippen molar-refractivity contribution in [1.29, 1.82) is 0 Å². The van der Waals surface area contributed by atoms with Crippen molar-refractivity contribution in [3.8, 4) is 0 Å². The first-order valence-electron chi connectivity index (χ1n) is 7.46. The Bertz CT molecular complexity index is 786. The number of carbonyl (C=O) groups is 1. The largest absolute Gasteiger partial charge is 0.398 e. The van der Waals surface area contributed by atoms with E-state index in [0.717, 1.165) is 48.0 Å². The molecule has 0 bridgehead atoms. The van der Waals surface area contributed by atoms with E-state index < -0.39 is 9.84 Å². The van der Waals surface area contributed by atoms with Gasteiger partial charge in [-0.05, 0) is 37.5 Å². The average molecular weight is 333 g/mol. The molecule has 122 valence electrons. The Hall–Kier alpha value is -2.28. The second-order valence-corrected chi connectivity index (χ2v) is 7.51. The van der Waals surface area contributed by atoms with Crippen LogP contribution in [0, 0.1) is 6.92 Å². The number of sulfone groups is 1. The second-order valence-electron chi connectivity index (χ2n) is 5.79. The van der Waals surface area contributed by atoms with Gasteiger partial charge in [-0.1, -0.05) is 0 Å². The third kappa shape index (κ3) is 3.10. The maximum absolute atomic E-state index is 12.8. The number of nitrogens with zero attached hydrogens (tertiary/aromatic N) is 2. The molecule has 1 aromatic carbocycles. The lowest BCUT2D eigenvalue weighted by molar-refractivity contribution is 0.0870. The Morgan fingerprint density at radius 3 is 2.35 bits per heavy atom. The predicted octanol–water partition coefficient (Wildman–Crippen LogP) is 1.99. The summed E-state index contributed by atoms with van der Waals surface area (Å²) in [5.74, 6) is -0.266. The van der Waals surface area contributed by atoms with E-state index in [0.29, 0.717) is 11.3 Å². The molecule has 0 aliphatic carbocycles. The molecule has 0 unspecified atom stereocenters. The van der Waals surface area contributed by atoms with Crippen LogP contribution in [-0.2, 0) is 9.84 Å². The molecule has 3 rings (SSSR count). The third-order valence-corrected chi connectivity index (χ3v) is 5.12. The minimum Gasteiger partial charge on any atom is -0.398 e. The number of benzene rings is 1. The molecule has 0 saturated carbocycles. The van der Waals surface area contributed by atoms with Crippen LogP contribution >= 0.6 is 0 Å². The van der Waals surface area contributed by atoms with E-state index >= 15 is 0 Å². The average Bonchev–Trinajstić information content (AvgIpc) is 3.03. The van der Waals surface area contributed by atoms with Gasteiger partial charge in [-0.15, -0.1) is 0 Å². The van der Waals surface area contributed by atoms with Gasteiger partial charge in [0.2, 0.25) is 0 Å². The van der Waals surface area contributed by atoms with Crippen LogP contribution in [-0.4, -0.2) is 32.3 Å². The first kappa shape index (κ1) is 15.6. The molecule has 2 heterocycles. The highest BCUT2D eigenvalue weighted by atomic mass is 32.2. The molecule has 1 aromatic rings. The molecule has 1 saturated heterocycles. The number of carbonyl (C=O) groups excluding carboxylic acids is 1. The predicted molar refractivity (Wildman–Crippen MR) is 90.4 cm³/mol. The molecule has 2 N–H and O–H groups in total. The van der Waals surface area contributed by atoms with Crippen molar-refractivity contribution >= 4 is 27.1 Å². The van der Waals surface area contributed by atoms with Crippen LogP contribution < -0.4 is 10.6 Å². The van der Waals surface area contributed by atoms with Gasteiger partial charge in [0.1, 0.15) is 0 Å². The summed E-state index contributed by atoms with van der Waals surface area (Å²) >= 11 is 0. The van der Waals surface area contributed by atoms with Gasteiger partial charge < -0.3 is 10.6 Å². The van der Waals surface area contributed by atoms with Gasteiger partial charge in [0, 0.05) is 31.2 Å². The highest BCUT2D eigenvalue weighted by molar-refractivity contribution is 7.97. The van der Waals surface area contributed by atoms with Crippen LogP contribution in [0.15, 0.2) is 35.3 Å². The van der Waals surface area contributed by atoms with Crippen LogP contribution in [0.3, 0.4) is 0 Å². The topological polar surface area (TPSA) is 83.7 Å². The van der Waals surface area contributed by atoms with Crippen molar-refractivity contribution < 1.29 is 13.2 Å². The van der Waals surface area contributed by atoms with Crippen molar-refractivity contribution in [3.05, 3.63) is 46.5 Å². The minimum absolute atomic E-state index is 0.266. The molecule has 0 aromatic heterocycles. The Kier molecular flexibility index (Phi) is 3.89. The van der Waals surface area contributed by atoms with Crippen LogP contribution in [0.2, 0.25) is 0 Å². The molecular formula is C16H19N3O3S. The van der Waals surface area contributed by atoms with Gasteiger partial charge in [0.05, 0.1) is 22.1 Å². The Labute approximate surface area is 135 Å². The number of aryl methyl sites for hydroxylation is 1. The molecule has 2 aliphatic heterocycles. The summed E-state index contributed by atoms with van der Waals surface area (Å²) in [7, 11) is -3.36. The summed E-state index contributed by atoms with van der Waals surface area (Å²) in [6, 6.07) is 3.61. The molecule has 0 spiro atoms. The van der Waals surface area contributed by atoms with Gasteiger partial charge >= 0.3 is 0 Å². The van der Waals surface area contributed by atoms with E-state index in [9.17, 15) is 13.2 Å². The van der Waals surface area contributed by atoms with Crippen molar-refractivity contribution in [3.63, 3.8) is 0 Å². The number of nitrogen functional groups attached to an aromatic ring is 1. The van der Waals surface area contributed by atoms with Crippen molar-refractivity contribution in [2.24, 2.45) is 0 Å². The minimum atomic E-state index is -3.36. The number of nitrogens with two attached hydrogens (primary N) is 1. The third-order valence-electron chi connectivity index (χ3n) is 4.12. The zero-order valence-electron chi connectivity index (χ0n) is 12.9. The first-order valence-corrected chi connectivity index (χ1v) is 9.07. The quantitative estimate of drug-likeness (QED) is 0.837. The van der Waals surface area contributed by atoms with Crippen LogP contribution in [0.25, 0.3) is 0 Å². The van der Waals surface area contributed by atoms with Crippen molar-refractivity contribution in [2.45, 2.75) is 19.8 Å². The molecule has 2 aliphatic rings. The van der Waals surface area contributed by atoms with Gasteiger partial charge in [-0.2, -0.15) is 0 Å². The monoisotopic (exact) mass is 333 g/mol. The summed E-state index contributed by atoms with van der Waals surface area (Å²) in [4.78, 5) is 16.2. The first-order chi connectivity index (χ1) is 10.9. The van der Waals surface area contributed by atoms with Crippen LogP contribution in [0.5, 0.6) is 0 Å². The maximum Gasteiger partial charge on any atom is 0.264 e. The standard InChI is InChI=1S/C16H19N3O3S/c1-12-10-13(15(11-14(12)17)18-4-2-3-5-18)16(20)19-6-8-23(21,22)9-7-19/h6-11H,2-5,17H2,1H3. The summed E-state index contributed by atoms with van der Waals surface area (Å²) in [5, 5.41) is 2.04. The van der Waals surface area contributed by atoms with E-state index in [4.69, 9.17) is 5.73 Å². The smallest absolute Gasteiger partial charge is 0.264 e. The summed E-state index contributed by atoms with van der Waals surface area (Å²) in [6.45, 7) is 3.64. The molecule has 0 radical (unpaired) electrons. The van der Waals surface area contributed by atoms with E-state index in [1.165, 1.54) is 17.3 Å². The number of amides is 1. The summed E-state index contributed by atoms with van der Waals surface area (Å²) < 4.78 is 22.8. The number of rotatable bonds is 2. The number of hydrogen-bond acceptors (Lipinski definition) is 5. The Morgan fingerprint density at radius 2 is 1.74 bits per heavy atom. The molecule has 23 heavy (non-hydrogen) atoms. The maximum atomic E-state index is 12.8. The zero-order chi connectivity index (χ0) is 16.6. The van der Waals surface area contributed by atoms with Crippen molar-refractivity contribution in [1.82, 2.24) is 4.90 Å². The van der Waals surface area contributed by atoms with E-state index in [2.05, 4.69) is 4.90 Å². The van der Waals surface area contributed by atoms with E-state index in [1.807, 2.05) is 13.0 Å². The Balaban J connectivity index is 2.00. The van der Waals surface area contributed by atoms with E-state index in [-0.39, 0.29) is 5.91 Å². The molecule has 1 amide bonds. The molecular weight excluding hydrogens is 314 g/mol. The SMILES string of the molecule is Cc1cc(C(=O)N2C=CS(=O)(=O)C=C2)c(N2CCCC2)cc1N. The van der Waals surface area contributed by atoms with Crippen LogP contribution in [0.1, 0.15) is 28.8 Å². The van der Waals surface area contributed by atoms with Gasteiger partial charge in [0.25, 0.3) is 5.91 Å². The lowest BCUT2D eigenvalue weighted by Gasteiger charge is -2.24. The second kappa shape index (κ2) is 5.73. The Morgan fingerprint density at radius 1 is 1.13 bits per heavy atom. The molecule has 6 nitrogen and oxygen atoms in total. The van der Waals surface area contributed by atoms with E-state index in [1.54, 1.807) is 6.07 Å². The molecule has 1 fully saturated rings. The summed E-state index contributed by atoms with van der Waals surface area (Å²) in [6.07, 6.45) is 4.72. The van der Waals surface area contributed by atoms with Gasteiger partial charge in [-0.3, -0.25) is 9.69 Å². The van der Waals surface area contributed by atoms with Gasteiger partial charge in [-0.25, -0.2) is 8.42 Å². The highest BCUT2D eigenvalue weighted by Gasteiger charge is 2.24. The van der Waals surface area contributed by atoms with Crippen molar-refractivity contribution in [2.75, 3.05) is 23.7 Å². The zero-order valence-corrected chi connectivity index (χ0v) is 13.7. The normalized spacial score (nSPS) is 19.3. The highest BCUT2D eigenvalue weighted by Crippen LogP contribution is 2.30. The van der Waals surface area contributed by atoms with Crippen LogP contribution in [0.4, 0.5) is 11.4 Å².